The standard InChI is InChI=1S/C17H16BrN5O/c18-14-2-3-15(20-11-14)22-17(24)13-5-7-23(8-6-13)16-4-1-12(9-19)10-21-16/h1-4,10-11,13H,5-8H2,(H,20,22,24). The lowest BCUT2D eigenvalue weighted by Gasteiger charge is -2.32. The second kappa shape index (κ2) is 7.41. The monoisotopic (exact) mass is 385 g/mol. The van der Waals surface area contributed by atoms with Crippen molar-refractivity contribution < 1.29 is 4.79 Å². The second-order valence-corrected chi connectivity index (χ2v) is 6.54. The molecule has 3 heterocycles. The molecule has 24 heavy (non-hydrogen) atoms. The largest absolute Gasteiger partial charge is 0.357 e. The van der Waals surface area contributed by atoms with Gasteiger partial charge in [0.25, 0.3) is 0 Å². The maximum absolute atomic E-state index is 12.3. The molecule has 2 aromatic heterocycles. The summed E-state index contributed by atoms with van der Waals surface area (Å²) in [4.78, 5) is 23.0. The molecule has 0 saturated carbocycles. The fourth-order valence-electron chi connectivity index (χ4n) is 2.69. The Balaban J connectivity index is 1.55. The number of nitrogens with zero attached hydrogens (tertiary/aromatic N) is 4. The summed E-state index contributed by atoms with van der Waals surface area (Å²) in [6, 6.07) is 9.30. The van der Waals surface area contributed by atoms with Gasteiger partial charge in [0, 0.05) is 35.9 Å². The topological polar surface area (TPSA) is 81.9 Å². The third-order valence-corrected chi connectivity index (χ3v) is 4.51. The lowest BCUT2D eigenvalue weighted by molar-refractivity contribution is -0.120. The first kappa shape index (κ1) is 16.4. The highest BCUT2D eigenvalue weighted by atomic mass is 79.9. The van der Waals surface area contributed by atoms with Crippen molar-refractivity contribution in [1.29, 1.82) is 5.26 Å². The number of nitrogens with one attached hydrogen (secondary N) is 1. The van der Waals surface area contributed by atoms with Crippen molar-refractivity contribution in [2.45, 2.75) is 12.8 Å². The molecule has 0 bridgehead atoms. The summed E-state index contributed by atoms with van der Waals surface area (Å²) >= 11 is 3.32. The number of halogens is 1. The van der Waals surface area contributed by atoms with Crippen LogP contribution in [0.15, 0.2) is 41.1 Å². The first-order valence-electron chi connectivity index (χ1n) is 7.69. The Morgan fingerprint density at radius 3 is 2.58 bits per heavy atom. The highest BCUT2D eigenvalue weighted by molar-refractivity contribution is 9.10. The van der Waals surface area contributed by atoms with E-state index in [1.54, 1.807) is 24.5 Å². The predicted octanol–water partition coefficient (Wildman–Crippen LogP) is 2.97. The molecule has 1 saturated heterocycles. The van der Waals surface area contributed by atoms with E-state index in [4.69, 9.17) is 5.26 Å². The molecule has 1 aliphatic rings. The number of amides is 1. The first-order chi connectivity index (χ1) is 11.7. The second-order valence-electron chi connectivity index (χ2n) is 5.63. The van der Waals surface area contributed by atoms with Gasteiger partial charge < -0.3 is 10.2 Å². The van der Waals surface area contributed by atoms with Crippen molar-refractivity contribution in [2.24, 2.45) is 5.92 Å². The molecule has 7 heteroatoms. The van der Waals surface area contributed by atoms with E-state index >= 15 is 0 Å². The minimum atomic E-state index is -0.0231. The molecule has 0 spiro atoms. The Hall–Kier alpha value is -2.46. The van der Waals surface area contributed by atoms with Gasteiger partial charge in [-0.3, -0.25) is 4.79 Å². The number of carbonyl (C=O) groups excluding carboxylic acids is 1. The van der Waals surface area contributed by atoms with E-state index in [0.29, 0.717) is 11.4 Å². The molecule has 0 atom stereocenters. The maximum Gasteiger partial charge on any atom is 0.228 e. The highest BCUT2D eigenvalue weighted by Crippen LogP contribution is 2.23. The van der Waals surface area contributed by atoms with Crippen LogP contribution in [0.2, 0.25) is 0 Å². The summed E-state index contributed by atoms with van der Waals surface area (Å²) in [5, 5.41) is 11.7. The van der Waals surface area contributed by atoms with Crippen molar-refractivity contribution in [2.75, 3.05) is 23.3 Å². The average molecular weight is 386 g/mol. The highest BCUT2D eigenvalue weighted by Gasteiger charge is 2.25. The summed E-state index contributed by atoms with van der Waals surface area (Å²) < 4.78 is 0.878. The van der Waals surface area contributed by atoms with E-state index in [1.807, 2.05) is 12.1 Å². The predicted molar refractivity (Wildman–Crippen MR) is 94.5 cm³/mol. The molecule has 3 rings (SSSR count). The molecule has 2 aromatic rings. The molecule has 1 amide bonds. The van der Waals surface area contributed by atoms with Gasteiger partial charge in [-0.2, -0.15) is 5.26 Å². The van der Waals surface area contributed by atoms with Crippen molar-refractivity contribution in [3.05, 3.63) is 46.7 Å². The van der Waals surface area contributed by atoms with Crippen molar-refractivity contribution in [3.8, 4) is 6.07 Å². The van der Waals surface area contributed by atoms with Crippen molar-refractivity contribution >= 4 is 33.5 Å². The van der Waals surface area contributed by atoms with Gasteiger partial charge in [-0.15, -0.1) is 0 Å². The molecular formula is C17H16BrN5O. The van der Waals surface area contributed by atoms with Crippen LogP contribution in [-0.2, 0) is 4.79 Å². The first-order valence-corrected chi connectivity index (χ1v) is 8.48. The van der Waals surface area contributed by atoms with Crippen LogP contribution in [0.25, 0.3) is 0 Å². The number of rotatable bonds is 3. The molecule has 0 aliphatic carbocycles. The smallest absolute Gasteiger partial charge is 0.228 e. The number of piperidine rings is 1. The number of carbonyl (C=O) groups is 1. The molecule has 0 unspecified atom stereocenters. The van der Waals surface area contributed by atoms with Crippen LogP contribution in [0.4, 0.5) is 11.6 Å². The molecule has 0 aromatic carbocycles. The summed E-state index contributed by atoms with van der Waals surface area (Å²) in [5.41, 5.74) is 0.551. The number of hydrogen-bond acceptors (Lipinski definition) is 5. The van der Waals surface area contributed by atoms with E-state index in [0.717, 1.165) is 36.2 Å². The van der Waals surface area contributed by atoms with Gasteiger partial charge in [0.1, 0.15) is 17.7 Å². The normalized spacial score (nSPS) is 14.9. The number of anilines is 2. The number of nitriles is 1. The Morgan fingerprint density at radius 1 is 1.21 bits per heavy atom. The lowest BCUT2D eigenvalue weighted by atomic mass is 9.96. The van der Waals surface area contributed by atoms with E-state index in [-0.39, 0.29) is 11.8 Å². The molecular weight excluding hydrogens is 370 g/mol. The molecule has 1 aliphatic heterocycles. The zero-order chi connectivity index (χ0) is 16.9. The van der Waals surface area contributed by atoms with Gasteiger partial charge in [-0.05, 0) is 53.0 Å². The fourth-order valence-corrected chi connectivity index (χ4v) is 2.92. The van der Waals surface area contributed by atoms with Crippen LogP contribution in [0.3, 0.4) is 0 Å². The van der Waals surface area contributed by atoms with E-state index in [9.17, 15) is 4.79 Å². The minimum absolute atomic E-state index is 0.0114. The number of hydrogen-bond donors (Lipinski definition) is 1. The lowest BCUT2D eigenvalue weighted by Crippen LogP contribution is -2.38. The number of pyridine rings is 2. The molecule has 1 fully saturated rings. The third-order valence-electron chi connectivity index (χ3n) is 4.05. The average Bonchev–Trinajstić information content (AvgIpc) is 2.64. The van der Waals surface area contributed by atoms with Crippen LogP contribution in [0, 0.1) is 17.2 Å². The number of aromatic nitrogens is 2. The quantitative estimate of drug-likeness (QED) is 0.877. The Morgan fingerprint density at radius 2 is 2.00 bits per heavy atom. The van der Waals surface area contributed by atoms with Crippen LogP contribution in [0.5, 0.6) is 0 Å². The Labute approximate surface area is 148 Å². The summed E-state index contributed by atoms with van der Waals surface area (Å²) in [6.07, 6.45) is 4.77. The van der Waals surface area contributed by atoms with E-state index < -0.39 is 0 Å². The van der Waals surface area contributed by atoms with Crippen molar-refractivity contribution in [1.82, 2.24) is 9.97 Å². The molecule has 1 N–H and O–H groups in total. The SMILES string of the molecule is N#Cc1ccc(N2CCC(C(=O)Nc3ccc(Br)cn3)CC2)nc1. The van der Waals surface area contributed by atoms with E-state index in [2.05, 4.69) is 42.2 Å². The Kier molecular flexibility index (Phi) is 5.06. The van der Waals surface area contributed by atoms with E-state index in [1.165, 1.54) is 0 Å². The van der Waals surface area contributed by atoms with Gasteiger partial charge in [-0.1, -0.05) is 0 Å². The van der Waals surface area contributed by atoms with Gasteiger partial charge in [0.2, 0.25) is 5.91 Å². The molecule has 122 valence electrons. The Bertz CT molecular complexity index is 746. The fraction of sp³-hybridized carbons (Fsp3) is 0.294. The molecule has 6 nitrogen and oxygen atoms in total. The van der Waals surface area contributed by atoms with Crippen LogP contribution >= 0.6 is 15.9 Å². The van der Waals surface area contributed by atoms with Gasteiger partial charge in [0.15, 0.2) is 0 Å². The maximum atomic E-state index is 12.3. The third kappa shape index (κ3) is 3.89. The summed E-state index contributed by atoms with van der Waals surface area (Å²) in [6.45, 7) is 1.54. The molecule has 0 radical (unpaired) electrons. The van der Waals surface area contributed by atoms with Gasteiger partial charge >= 0.3 is 0 Å². The summed E-state index contributed by atoms with van der Waals surface area (Å²) in [7, 11) is 0. The summed E-state index contributed by atoms with van der Waals surface area (Å²) in [5.74, 6) is 1.41. The van der Waals surface area contributed by atoms with Crippen molar-refractivity contribution in [3.63, 3.8) is 0 Å². The zero-order valence-electron chi connectivity index (χ0n) is 12.9. The zero-order valence-corrected chi connectivity index (χ0v) is 14.5. The van der Waals surface area contributed by atoms with Gasteiger partial charge in [0.05, 0.1) is 5.56 Å². The minimum Gasteiger partial charge on any atom is -0.357 e. The van der Waals surface area contributed by atoms with Crippen LogP contribution in [0.1, 0.15) is 18.4 Å². The van der Waals surface area contributed by atoms with Crippen LogP contribution < -0.4 is 10.2 Å². The van der Waals surface area contributed by atoms with Gasteiger partial charge in [-0.25, -0.2) is 9.97 Å². The van der Waals surface area contributed by atoms with Crippen LogP contribution in [-0.4, -0.2) is 29.0 Å².